The molecule has 0 radical (unpaired) electrons. The summed E-state index contributed by atoms with van der Waals surface area (Å²) >= 11 is 0. The molecule has 0 rings (SSSR count). The second-order valence-corrected chi connectivity index (χ2v) is 3.34. The summed E-state index contributed by atoms with van der Waals surface area (Å²) < 4.78 is 4.75. The largest absolute Gasteiger partial charge is 0.433 e. The molecule has 0 aliphatic carbocycles. The van der Waals surface area contributed by atoms with E-state index in [1.165, 1.54) is 0 Å². The lowest BCUT2D eigenvalue weighted by Gasteiger charge is -2.20. The van der Waals surface area contributed by atoms with Crippen molar-refractivity contribution in [2.75, 3.05) is 0 Å². The van der Waals surface area contributed by atoms with Crippen LogP contribution in [0.2, 0.25) is 0 Å². The summed E-state index contributed by atoms with van der Waals surface area (Å²) in [5.74, 6) is -0.522. The Kier molecular flexibility index (Phi) is 7.11. The number of carbonyl (C=O) groups is 1. The minimum Gasteiger partial charge on any atom is -0.433 e. The Morgan fingerprint density at radius 1 is 1.57 bits per heavy atom. The molecular weight excluding hydrogens is 180 g/mol. The standard InChI is InChI=1S/C11H20O3/c1-4-7-8-9(5-2)11(13)14-10(12)6-3/h6,9,11,13H,3-5,7-8H2,1-2H3. The van der Waals surface area contributed by atoms with Gasteiger partial charge in [0.25, 0.3) is 0 Å². The van der Waals surface area contributed by atoms with Gasteiger partial charge in [-0.05, 0) is 12.8 Å². The van der Waals surface area contributed by atoms with Crippen molar-refractivity contribution in [1.29, 1.82) is 0 Å². The maximum absolute atomic E-state index is 10.8. The molecule has 0 aliphatic heterocycles. The lowest BCUT2D eigenvalue weighted by molar-refractivity contribution is -0.171. The Balaban J connectivity index is 3.95. The monoisotopic (exact) mass is 200 g/mol. The van der Waals surface area contributed by atoms with Crippen LogP contribution in [0.5, 0.6) is 0 Å². The van der Waals surface area contributed by atoms with Crippen LogP contribution in [0.4, 0.5) is 0 Å². The van der Waals surface area contributed by atoms with Gasteiger partial charge < -0.3 is 9.84 Å². The normalized spacial score (nSPS) is 14.5. The summed E-state index contributed by atoms with van der Waals surface area (Å²) in [5.41, 5.74) is 0. The van der Waals surface area contributed by atoms with Crippen molar-refractivity contribution >= 4 is 5.97 Å². The number of esters is 1. The van der Waals surface area contributed by atoms with Crippen LogP contribution in [0.1, 0.15) is 39.5 Å². The number of ether oxygens (including phenoxy) is 1. The number of hydrogen-bond acceptors (Lipinski definition) is 3. The zero-order valence-electron chi connectivity index (χ0n) is 9.03. The third-order valence-electron chi connectivity index (χ3n) is 2.26. The van der Waals surface area contributed by atoms with E-state index in [4.69, 9.17) is 4.74 Å². The van der Waals surface area contributed by atoms with Gasteiger partial charge in [0.2, 0.25) is 6.29 Å². The van der Waals surface area contributed by atoms with Gasteiger partial charge >= 0.3 is 5.97 Å². The SMILES string of the molecule is C=CC(=O)OC(O)C(CC)CCCC. The fourth-order valence-corrected chi connectivity index (χ4v) is 1.28. The molecule has 3 heteroatoms. The summed E-state index contributed by atoms with van der Waals surface area (Å²) in [6, 6.07) is 0. The summed E-state index contributed by atoms with van der Waals surface area (Å²) in [6.07, 6.45) is 3.90. The number of aliphatic hydroxyl groups is 1. The summed E-state index contributed by atoms with van der Waals surface area (Å²) in [7, 11) is 0. The molecule has 3 nitrogen and oxygen atoms in total. The highest BCUT2D eigenvalue weighted by atomic mass is 16.6. The molecule has 82 valence electrons. The maximum Gasteiger partial charge on any atom is 0.332 e. The van der Waals surface area contributed by atoms with Crippen LogP contribution in [-0.2, 0) is 9.53 Å². The Hall–Kier alpha value is -0.830. The Morgan fingerprint density at radius 2 is 2.21 bits per heavy atom. The number of aliphatic hydroxyl groups excluding tert-OH is 1. The van der Waals surface area contributed by atoms with Gasteiger partial charge in [-0.3, -0.25) is 0 Å². The van der Waals surface area contributed by atoms with E-state index < -0.39 is 12.3 Å². The molecule has 0 aromatic rings. The first kappa shape index (κ1) is 13.2. The molecule has 2 unspecified atom stereocenters. The lowest BCUT2D eigenvalue weighted by Crippen LogP contribution is -2.25. The van der Waals surface area contributed by atoms with Crippen molar-refractivity contribution in [2.45, 2.75) is 45.8 Å². The quantitative estimate of drug-likeness (QED) is 0.389. The first-order chi connectivity index (χ1) is 6.65. The fourth-order valence-electron chi connectivity index (χ4n) is 1.28. The first-order valence-corrected chi connectivity index (χ1v) is 5.16. The molecule has 0 fully saturated rings. The van der Waals surface area contributed by atoms with Gasteiger partial charge in [-0.25, -0.2) is 4.79 Å². The predicted octanol–water partition coefficient (Wildman–Crippen LogP) is 2.25. The molecule has 1 N–H and O–H groups in total. The van der Waals surface area contributed by atoms with Crippen molar-refractivity contribution in [3.8, 4) is 0 Å². The predicted molar refractivity (Wildman–Crippen MR) is 55.6 cm³/mol. The maximum atomic E-state index is 10.8. The Morgan fingerprint density at radius 3 is 2.64 bits per heavy atom. The molecule has 0 aromatic carbocycles. The van der Waals surface area contributed by atoms with Crippen molar-refractivity contribution in [3.63, 3.8) is 0 Å². The fraction of sp³-hybridized carbons (Fsp3) is 0.727. The average Bonchev–Trinajstić information content (AvgIpc) is 2.18. The Labute approximate surface area is 85.8 Å². The highest BCUT2D eigenvalue weighted by Crippen LogP contribution is 2.17. The molecule has 0 spiro atoms. The van der Waals surface area contributed by atoms with Gasteiger partial charge in [-0.1, -0.05) is 33.3 Å². The molecule has 0 saturated heterocycles. The number of carbonyl (C=O) groups excluding carboxylic acids is 1. The van der Waals surface area contributed by atoms with Gasteiger partial charge in [0.15, 0.2) is 0 Å². The van der Waals surface area contributed by atoms with Gasteiger partial charge in [0.05, 0.1) is 0 Å². The van der Waals surface area contributed by atoms with Crippen LogP contribution < -0.4 is 0 Å². The molecule has 0 saturated carbocycles. The van der Waals surface area contributed by atoms with E-state index in [-0.39, 0.29) is 5.92 Å². The van der Waals surface area contributed by atoms with Gasteiger partial charge in [-0.15, -0.1) is 0 Å². The van der Waals surface area contributed by atoms with Gasteiger partial charge in [-0.2, -0.15) is 0 Å². The molecule has 0 aromatic heterocycles. The third kappa shape index (κ3) is 5.02. The van der Waals surface area contributed by atoms with E-state index in [9.17, 15) is 9.90 Å². The number of rotatable bonds is 7. The van der Waals surface area contributed by atoms with Crippen LogP contribution >= 0.6 is 0 Å². The molecule has 0 aliphatic rings. The topological polar surface area (TPSA) is 46.5 Å². The third-order valence-corrected chi connectivity index (χ3v) is 2.26. The van der Waals surface area contributed by atoms with Crippen LogP contribution in [-0.4, -0.2) is 17.4 Å². The average molecular weight is 200 g/mol. The highest BCUT2D eigenvalue weighted by molar-refractivity contribution is 5.81. The van der Waals surface area contributed by atoms with E-state index >= 15 is 0 Å². The number of hydrogen-bond donors (Lipinski definition) is 1. The minimum atomic E-state index is -0.989. The van der Waals surface area contributed by atoms with Crippen LogP contribution in [0, 0.1) is 5.92 Å². The van der Waals surface area contributed by atoms with Crippen molar-refractivity contribution in [2.24, 2.45) is 5.92 Å². The van der Waals surface area contributed by atoms with Crippen molar-refractivity contribution < 1.29 is 14.6 Å². The molecule has 0 bridgehead atoms. The molecule has 2 atom stereocenters. The molecule has 0 heterocycles. The van der Waals surface area contributed by atoms with Gasteiger partial charge in [0, 0.05) is 12.0 Å². The van der Waals surface area contributed by atoms with Crippen molar-refractivity contribution in [1.82, 2.24) is 0 Å². The second-order valence-electron chi connectivity index (χ2n) is 3.34. The zero-order chi connectivity index (χ0) is 11.0. The summed E-state index contributed by atoms with van der Waals surface area (Å²) in [5, 5.41) is 9.55. The van der Waals surface area contributed by atoms with E-state index in [0.717, 1.165) is 31.8 Å². The van der Waals surface area contributed by atoms with Crippen LogP contribution in [0.25, 0.3) is 0 Å². The molecular formula is C11H20O3. The molecule has 14 heavy (non-hydrogen) atoms. The van der Waals surface area contributed by atoms with Crippen LogP contribution in [0.3, 0.4) is 0 Å². The van der Waals surface area contributed by atoms with Gasteiger partial charge in [0.1, 0.15) is 0 Å². The van der Waals surface area contributed by atoms with E-state index in [2.05, 4.69) is 13.5 Å². The summed E-state index contributed by atoms with van der Waals surface area (Å²) in [4.78, 5) is 10.8. The van der Waals surface area contributed by atoms with E-state index in [1.807, 2.05) is 6.92 Å². The lowest BCUT2D eigenvalue weighted by atomic mass is 9.99. The van der Waals surface area contributed by atoms with E-state index in [1.54, 1.807) is 0 Å². The van der Waals surface area contributed by atoms with Crippen molar-refractivity contribution in [3.05, 3.63) is 12.7 Å². The van der Waals surface area contributed by atoms with E-state index in [0.29, 0.717) is 0 Å². The summed E-state index contributed by atoms with van der Waals surface area (Å²) in [6.45, 7) is 7.34. The molecule has 0 amide bonds. The second kappa shape index (κ2) is 7.56. The zero-order valence-corrected chi connectivity index (χ0v) is 9.03. The highest BCUT2D eigenvalue weighted by Gasteiger charge is 2.19. The van der Waals surface area contributed by atoms with Crippen LogP contribution in [0.15, 0.2) is 12.7 Å². The first-order valence-electron chi connectivity index (χ1n) is 5.16. The Bertz CT molecular complexity index is 177. The number of unbranched alkanes of at least 4 members (excludes halogenated alkanes) is 1. The minimum absolute atomic E-state index is 0.0406. The smallest absolute Gasteiger partial charge is 0.332 e.